The topological polar surface area (TPSA) is 61.8 Å². The monoisotopic (exact) mass is 250 g/mol. The van der Waals surface area contributed by atoms with Gasteiger partial charge in [-0.25, -0.2) is 4.79 Å². The number of carbonyl (C=O) groups excluding carboxylic acids is 2. The molecule has 1 aromatic rings. The van der Waals surface area contributed by atoms with E-state index in [0.717, 1.165) is 5.56 Å². The smallest absolute Gasteiger partial charge is 0.380 e. The van der Waals surface area contributed by atoms with Gasteiger partial charge in [-0.1, -0.05) is 30.3 Å². The number of methoxy groups -OCH3 is 1. The minimum atomic E-state index is -1.56. The summed E-state index contributed by atoms with van der Waals surface area (Å²) in [6.45, 7) is 0.127. The molecule has 1 heterocycles. The van der Waals surface area contributed by atoms with Gasteiger partial charge in [-0.15, -0.1) is 0 Å². The molecule has 0 saturated carbocycles. The number of carbonyl (C=O) groups is 2. The molecule has 1 atom stereocenters. The Bertz CT molecular complexity index is 442. The Balaban J connectivity index is 1.97. The largest absolute Gasteiger partial charge is 0.456 e. The van der Waals surface area contributed by atoms with Crippen molar-refractivity contribution < 1.29 is 23.8 Å². The molecule has 96 valence electrons. The predicted molar refractivity (Wildman–Crippen MR) is 61.3 cm³/mol. The van der Waals surface area contributed by atoms with Crippen LogP contribution in [0.4, 0.5) is 0 Å². The molecule has 5 heteroatoms. The molecule has 0 spiro atoms. The number of ether oxygens (including phenoxy) is 3. The molecule has 1 fully saturated rings. The average molecular weight is 250 g/mol. The second-order valence-corrected chi connectivity index (χ2v) is 3.99. The fourth-order valence-corrected chi connectivity index (χ4v) is 1.76. The van der Waals surface area contributed by atoms with E-state index in [1.54, 1.807) is 0 Å². The Kier molecular flexibility index (Phi) is 3.62. The van der Waals surface area contributed by atoms with Gasteiger partial charge in [0.05, 0.1) is 6.42 Å². The second kappa shape index (κ2) is 5.18. The zero-order chi connectivity index (χ0) is 13.0. The highest BCUT2D eigenvalue weighted by Crippen LogP contribution is 2.29. The van der Waals surface area contributed by atoms with Crippen LogP contribution in [0, 0.1) is 0 Å². The van der Waals surface area contributed by atoms with Crippen LogP contribution in [0.3, 0.4) is 0 Å². The fourth-order valence-electron chi connectivity index (χ4n) is 1.76. The predicted octanol–water partition coefficient (Wildman–Crippen LogP) is 1.41. The van der Waals surface area contributed by atoms with Crippen molar-refractivity contribution in [2.75, 3.05) is 7.11 Å². The number of benzene rings is 1. The quantitative estimate of drug-likeness (QED) is 0.756. The lowest BCUT2D eigenvalue weighted by atomic mass is 10.2. The van der Waals surface area contributed by atoms with E-state index < -0.39 is 17.7 Å². The van der Waals surface area contributed by atoms with Gasteiger partial charge in [0.15, 0.2) is 0 Å². The molecule has 0 amide bonds. The van der Waals surface area contributed by atoms with Crippen LogP contribution in [0.1, 0.15) is 18.4 Å². The van der Waals surface area contributed by atoms with E-state index in [-0.39, 0.29) is 19.4 Å². The van der Waals surface area contributed by atoms with E-state index >= 15 is 0 Å². The van der Waals surface area contributed by atoms with Crippen LogP contribution in [-0.2, 0) is 30.4 Å². The molecule has 18 heavy (non-hydrogen) atoms. The third-order valence-electron chi connectivity index (χ3n) is 2.79. The molecule has 0 bridgehead atoms. The van der Waals surface area contributed by atoms with Crippen molar-refractivity contribution in [1.29, 1.82) is 0 Å². The first-order valence-corrected chi connectivity index (χ1v) is 5.64. The lowest BCUT2D eigenvalue weighted by Gasteiger charge is -2.23. The second-order valence-electron chi connectivity index (χ2n) is 3.99. The summed E-state index contributed by atoms with van der Waals surface area (Å²) in [4.78, 5) is 23.0. The summed E-state index contributed by atoms with van der Waals surface area (Å²) in [5.74, 6) is -2.68. The minimum absolute atomic E-state index is 0.127. The number of esters is 2. The summed E-state index contributed by atoms with van der Waals surface area (Å²) in [7, 11) is 1.32. The van der Waals surface area contributed by atoms with Crippen molar-refractivity contribution in [1.82, 2.24) is 0 Å². The number of rotatable bonds is 4. The molecule has 5 nitrogen and oxygen atoms in total. The third-order valence-corrected chi connectivity index (χ3v) is 2.79. The Morgan fingerprint density at radius 3 is 2.67 bits per heavy atom. The summed E-state index contributed by atoms with van der Waals surface area (Å²) in [5.41, 5.74) is 0.862. The van der Waals surface area contributed by atoms with Gasteiger partial charge in [0.25, 0.3) is 0 Å². The zero-order valence-electron chi connectivity index (χ0n) is 10.0. The molecule has 2 rings (SSSR count). The van der Waals surface area contributed by atoms with Crippen LogP contribution in [-0.4, -0.2) is 24.8 Å². The van der Waals surface area contributed by atoms with Crippen LogP contribution < -0.4 is 0 Å². The van der Waals surface area contributed by atoms with Crippen molar-refractivity contribution in [2.24, 2.45) is 0 Å². The summed E-state index contributed by atoms with van der Waals surface area (Å²) in [6.07, 6.45) is 0.351. The maximum absolute atomic E-state index is 11.9. The molecule has 0 N–H and O–H groups in total. The van der Waals surface area contributed by atoms with Gasteiger partial charge in [0.1, 0.15) is 6.61 Å². The normalized spacial score (nSPS) is 22.6. The third kappa shape index (κ3) is 2.51. The Morgan fingerprint density at radius 2 is 2.11 bits per heavy atom. The van der Waals surface area contributed by atoms with Gasteiger partial charge >= 0.3 is 17.7 Å². The Morgan fingerprint density at radius 1 is 1.39 bits per heavy atom. The highest BCUT2D eigenvalue weighted by Gasteiger charge is 2.49. The van der Waals surface area contributed by atoms with E-state index in [2.05, 4.69) is 0 Å². The summed E-state index contributed by atoms with van der Waals surface area (Å²) >= 11 is 0. The van der Waals surface area contributed by atoms with Crippen molar-refractivity contribution in [2.45, 2.75) is 25.2 Å². The van der Waals surface area contributed by atoms with Crippen LogP contribution in [0.2, 0.25) is 0 Å². The van der Waals surface area contributed by atoms with Crippen molar-refractivity contribution in [3.05, 3.63) is 35.9 Å². The zero-order valence-corrected chi connectivity index (χ0v) is 10.0. The molecular weight excluding hydrogens is 236 g/mol. The van der Waals surface area contributed by atoms with Crippen LogP contribution >= 0.6 is 0 Å². The van der Waals surface area contributed by atoms with Crippen LogP contribution in [0.5, 0.6) is 0 Å². The number of hydrogen-bond acceptors (Lipinski definition) is 5. The van der Waals surface area contributed by atoms with Crippen molar-refractivity contribution in [3.63, 3.8) is 0 Å². The van der Waals surface area contributed by atoms with Gasteiger partial charge in [-0.05, 0) is 5.56 Å². The van der Waals surface area contributed by atoms with E-state index in [9.17, 15) is 9.59 Å². The van der Waals surface area contributed by atoms with E-state index in [1.165, 1.54) is 7.11 Å². The molecule has 0 aromatic heterocycles. The standard InChI is InChI=1S/C13H14O5/c1-16-13(8-7-11(14)18-13)12(15)17-9-10-5-3-2-4-6-10/h2-6H,7-9H2,1H3. The average Bonchev–Trinajstić information content (AvgIpc) is 2.80. The van der Waals surface area contributed by atoms with Gasteiger partial charge in [0.2, 0.25) is 0 Å². The van der Waals surface area contributed by atoms with E-state index in [1.807, 2.05) is 30.3 Å². The lowest BCUT2D eigenvalue weighted by molar-refractivity contribution is -0.223. The molecule has 1 unspecified atom stereocenters. The van der Waals surface area contributed by atoms with Gasteiger partial charge in [-0.3, -0.25) is 4.79 Å². The first-order chi connectivity index (χ1) is 8.66. The maximum atomic E-state index is 11.9. The number of hydrogen-bond donors (Lipinski definition) is 0. The van der Waals surface area contributed by atoms with E-state index in [0.29, 0.717) is 0 Å². The number of cyclic esters (lactones) is 1. The summed E-state index contributed by atoms with van der Waals surface area (Å²) in [6, 6.07) is 9.26. The lowest BCUT2D eigenvalue weighted by Crippen LogP contribution is -2.41. The SMILES string of the molecule is COC1(C(=O)OCc2ccccc2)CCC(=O)O1. The van der Waals surface area contributed by atoms with Crippen molar-refractivity contribution in [3.8, 4) is 0 Å². The molecule has 1 aliphatic heterocycles. The molecule has 1 aromatic carbocycles. The first kappa shape index (κ1) is 12.6. The highest BCUT2D eigenvalue weighted by molar-refractivity contribution is 5.85. The Hall–Kier alpha value is -1.88. The van der Waals surface area contributed by atoms with E-state index in [4.69, 9.17) is 14.2 Å². The van der Waals surface area contributed by atoms with Gasteiger partial charge < -0.3 is 14.2 Å². The fraction of sp³-hybridized carbons (Fsp3) is 0.385. The molecular formula is C13H14O5. The van der Waals surface area contributed by atoms with Gasteiger partial charge in [0, 0.05) is 13.5 Å². The molecule has 0 radical (unpaired) electrons. The minimum Gasteiger partial charge on any atom is -0.456 e. The van der Waals surface area contributed by atoms with Crippen LogP contribution in [0.15, 0.2) is 30.3 Å². The first-order valence-electron chi connectivity index (χ1n) is 5.64. The maximum Gasteiger partial charge on any atom is 0.380 e. The molecule has 1 saturated heterocycles. The highest BCUT2D eigenvalue weighted by atomic mass is 16.7. The summed E-state index contributed by atoms with van der Waals surface area (Å²) < 4.78 is 15.0. The van der Waals surface area contributed by atoms with Crippen LogP contribution in [0.25, 0.3) is 0 Å². The molecule has 1 aliphatic rings. The Labute approximate surface area is 105 Å². The molecule has 0 aliphatic carbocycles. The summed E-state index contributed by atoms with van der Waals surface area (Å²) in [5, 5.41) is 0. The van der Waals surface area contributed by atoms with Crippen molar-refractivity contribution >= 4 is 11.9 Å². The van der Waals surface area contributed by atoms with Gasteiger partial charge in [-0.2, -0.15) is 0 Å².